The van der Waals surface area contributed by atoms with E-state index >= 15 is 0 Å². The number of hydrogen-bond donors (Lipinski definition) is 4. The highest BCUT2D eigenvalue weighted by molar-refractivity contribution is 6.52. The molecular formula is C10H15Cl3O7. The molecule has 20 heavy (non-hydrogen) atoms. The zero-order valence-corrected chi connectivity index (χ0v) is 12.6. The lowest BCUT2D eigenvalue weighted by Gasteiger charge is -2.39. The molecule has 7 nitrogen and oxygen atoms in total. The zero-order valence-electron chi connectivity index (χ0n) is 10.3. The maximum Gasteiger partial charge on any atom is 0.335 e. The Kier molecular flexibility index (Phi) is 6.31. The van der Waals surface area contributed by atoms with Crippen molar-refractivity contribution in [2.75, 3.05) is 6.61 Å². The topological polar surface area (TPSA) is 116 Å². The summed E-state index contributed by atoms with van der Waals surface area (Å²) in [6, 6.07) is 0. The molecule has 1 fully saturated rings. The van der Waals surface area contributed by atoms with E-state index in [1.54, 1.807) is 0 Å². The van der Waals surface area contributed by atoms with Crippen LogP contribution in [0.1, 0.15) is 6.92 Å². The fourth-order valence-corrected chi connectivity index (χ4v) is 1.69. The molecule has 1 saturated heterocycles. The SMILES string of the molecule is CC(Cl)C(Cl)(Cl)COC1OC(C(=O)O)C(O)C(O)C1O. The monoisotopic (exact) mass is 352 g/mol. The molecule has 0 bridgehead atoms. The van der Waals surface area contributed by atoms with Gasteiger partial charge in [0.15, 0.2) is 16.7 Å². The highest BCUT2D eigenvalue weighted by Crippen LogP contribution is 2.31. The Morgan fingerprint density at radius 2 is 1.85 bits per heavy atom. The molecule has 4 N–H and O–H groups in total. The largest absolute Gasteiger partial charge is 0.479 e. The van der Waals surface area contributed by atoms with Crippen LogP contribution in [0.15, 0.2) is 0 Å². The minimum atomic E-state index is -1.79. The van der Waals surface area contributed by atoms with Crippen molar-refractivity contribution in [1.29, 1.82) is 0 Å². The van der Waals surface area contributed by atoms with Crippen LogP contribution in [-0.2, 0) is 14.3 Å². The third-order valence-electron chi connectivity index (χ3n) is 2.83. The number of aliphatic hydroxyl groups excluding tert-OH is 3. The summed E-state index contributed by atoms with van der Waals surface area (Å²) in [4.78, 5) is 10.9. The Bertz CT molecular complexity index is 352. The van der Waals surface area contributed by atoms with Gasteiger partial charge in [-0.2, -0.15) is 0 Å². The molecule has 1 rings (SSSR count). The number of aliphatic hydroxyl groups is 3. The van der Waals surface area contributed by atoms with Crippen LogP contribution < -0.4 is 0 Å². The average Bonchev–Trinajstić information content (AvgIpc) is 2.34. The van der Waals surface area contributed by atoms with Gasteiger partial charge in [-0.15, -0.1) is 11.6 Å². The van der Waals surface area contributed by atoms with Gasteiger partial charge < -0.3 is 29.9 Å². The molecule has 6 unspecified atom stereocenters. The van der Waals surface area contributed by atoms with Crippen molar-refractivity contribution in [1.82, 2.24) is 0 Å². The van der Waals surface area contributed by atoms with Crippen LogP contribution in [0.2, 0.25) is 0 Å². The first kappa shape index (κ1) is 18.2. The van der Waals surface area contributed by atoms with Gasteiger partial charge in [0.05, 0.1) is 12.0 Å². The van der Waals surface area contributed by atoms with Crippen molar-refractivity contribution >= 4 is 40.8 Å². The lowest BCUT2D eigenvalue weighted by atomic mass is 9.99. The maximum atomic E-state index is 10.9. The minimum absolute atomic E-state index is 0.377. The van der Waals surface area contributed by atoms with Gasteiger partial charge in [0, 0.05) is 0 Å². The maximum absolute atomic E-state index is 10.9. The predicted molar refractivity (Wildman–Crippen MR) is 70.0 cm³/mol. The molecule has 1 heterocycles. The van der Waals surface area contributed by atoms with Gasteiger partial charge in [-0.05, 0) is 6.92 Å². The summed E-state index contributed by atoms with van der Waals surface area (Å²) in [6.07, 6.45) is -8.45. The molecule has 118 valence electrons. The standard InChI is InChI=1S/C10H15Cl3O7/c1-3(11)10(12,13)2-19-9-6(16)4(14)5(15)7(20-9)8(17)18/h3-7,9,14-16H,2H2,1H3,(H,17,18). The van der Waals surface area contributed by atoms with Crippen molar-refractivity contribution in [3.05, 3.63) is 0 Å². The van der Waals surface area contributed by atoms with Crippen LogP contribution in [0.5, 0.6) is 0 Å². The molecule has 6 atom stereocenters. The molecule has 1 aliphatic rings. The van der Waals surface area contributed by atoms with Gasteiger partial charge in [-0.1, -0.05) is 23.2 Å². The van der Waals surface area contributed by atoms with Crippen LogP contribution in [0.25, 0.3) is 0 Å². The number of ether oxygens (including phenoxy) is 2. The number of rotatable bonds is 5. The van der Waals surface area contributed by atoms with Gasteiger partial charge in [0.25, 0.3) is 0 Å². The van der Waals surface area contributed by atoms with Crippen LogP contribution >= 0.6 is 34.8 Å². The van der Waals surface area contributed by atoms with E-state index in [0.29, 0.717) is 0 Å². The predicted octanol–water partition coefficient (Wildman–Crippen LogP) is -0.304. The number of alkyl halides is 3. The van der Waals surface area contributed by atoms with E-state index in [4.69, 9.17) is 49.4 Å². The highest BCUT2D eigenvalue weighted by Gasteiger charge is 2.48. The van der Waals surface area contributed by atoms with Crippen LogP contribution in [0.3, 0.4) is 0 Å². The van der Waals surface area contributed by atoms with Gasteiger partial charge in [0.1, 0.15) is 18.3 Å². The van der Waals surface area contributed by atoms with E-state index in [1.807, 2.05) is 0 Å². The highest BCUT2D eigenvalue weighted by atomic mass is 35.5. The Hall–Kier alpha value is 0.140. The molecule has 0 spiro atoms. The quantitative estimate of drug-likeness (QED) is 0.501. The Morgan fingerprint density at radius 1 is 1.30 bits per heavy atom. The second-order valence-corrected chi connectivity index (χ2v) is 6.62. The van der Waals surface area contributed by atoms with Crippen LogP contribution in [0, 0.1) is 0 Å². The second-order valence-electron chi connectivity index (χ2n) is 4.42. The molecule has 10 heteroatoms. The molecule has 1 aliphatic heterocycles. The number of carboxylic acid groups (broad SMARTS) is 1. The lowest BCUT2D eigenvalue weighted by Crippen LogP contribution is -2.60. The second kappa shape index (κ2) is 6.93. The summed E-state index contributed by atoms with van der Waals surface area (Å²) in [5.41, 5.74) is 0. The Labute approximate surface area is 129 Å². The van der Waals surface area contributed by atoms with E-state index in [-0.39, 0.29) is 6.61 Å². The van der Waals surface area contributed by atoms with E-state index < -0.39 is 46.4 Å². The van der Waals surface area contributed by atoms with Crippen LogP contribution in [0.4, 0.5) is 0 Å². The summed E-state index contributed by atoms with van der Waals surface area (Å²) >= 11 is 17.4. The average molecular weight is 354 g/mol. The van der Waals surface area contributed by atoms with Gasteiger partial charge in [-0.3, -0.25) is 0 Å². The minimum Gasteiger partial charge on any atom is -0.479 e. The van der Waals surface area contributed by atoms with E-state index in [2.05, 4.69) is 0 Å². The molecule has 0 aromatic heterocycles. The lowest BCUT2D eigenvalue weighted by molar-refractivity contribution is -0.294. The van der Waals surface area contributed by atoms with Gasteiger partial charge in [0.2, 0.25) is 0 Å². The van der Waals surface area contributed by atoms with Crippen molar-refractivity contribution in [2.45, 2.75) is 47.3 Å². The molecule has 0 saturated carbocycles. The number of carboxylic acids is 1. The summed E-state index contributed by atoms with van der Waals surface area (Å²) in [6.45, 7) is 1.14. The fraction of sp³-hybridized carbons (Fsp3) is 0.900. The summed E-state index contributed by atoms with van der Waals surface area (Å²) < 4.78 is 8.45. The number of aliphatic carboxylic acids is 1. The van der Waals surface area contributed by atoms with Gasteiger partial charge >= 0.3 is 5.97 Å². The smallest absolute Gasteiger partial charge is 0.335 e. The van der Waals surface area contributed by atoms with Crippen molar-refractivity contribution < 1.29 is 34.7 Å². The Balaban J connectivity index is 2.72. The summed E-state index contributed by atoms with van der Waals surface area (Å²) in [7, 11) is 0. The molecule has 0 amide bonds. The van der Waals surface area contributed by atoms with Crippen molar-refractivity contribution in [3.63, 3.8) is 0 Å². The van der Waals surface area contributed by atoms with Crippen molar-refractivity contribution in [2.24, 2.45) is 0 Å². The normalized spacial score (nSPS) is 36.6. The Morgan fingerprint density at radius 3 is 2.30 bits per heavy atom. The first-order valence-corrected chi connectivity index (χ1v) is 6.83. The first-order valence-electron chi connectivity index (χ1n) is 5.64. The summed E-state index contributed by atoms with van der Waals surface area (Å²) in [5, 5.41) is 36.8. The molecular weight excluding hydrogens is 338 g/mol. The van der Waals surface area contributed by atoms with E-state index in [0.717, 1.165) is 0 Å². The third kappa shape index (κ3) is 4.08. The molecule has 0 aromatic rings. The number of carbonyl (C=O) groups is 1. The third-order valence-corrected chi connectivity index (χ3v) is 4.30. The fourth-order valence-electron chi connectivity index (χ4n) is 1.50. The van der Waals surface area contributed by atoms with Gasteiger partial charge in [-0.25, -0.2) is 4.79 Å². The first-order chi connectivity index (χ1) is 9.08. The van der Waals surface area contributed by atoms with E-state index in [1.165, 1.54) is 6.92 Å². The van der Waals surface area contributed by atoms with E-state index in [9.17, 15) is 20.1 Å². The summed E-state index contributed by atoms with van der Waals surface area (Å²) in [5.74, 6) is -1.51. The van der Waals surface area contributed by atoms with Crippen molar-refractivity contribution in [3.8, 4) is 0 Å². The molecule has 0 radical (unpaired) electrons. The molecule has 0 aliphatic carbocycles. The zero-order chi connectivity index (χ0) is 15.7. The number of hydrogen-bond acceptors (Lipinski definition) is 6. The van der Waals surface area contributed by atoms with Crippen LogP contribution in [-0.4, -0.2) is 73.4 Å². The molecule has 0 aromatic carbocycles. The number of halogens is 3.